The molecule has 9 nitrogen and oxygen atoms in total. The average molecular weight is 523 g/mol. The number of ether oxygens (including phenoxy) is 1. The summed E-state index contributed by atoms with van der Waals surface area (Å²) in [5, 5.41) is 14.3. The number of aromatic amines is 1. The molecule has 2 fully saturated rings. The number of para-hydroxylation sites is 1. The molecule has 0 aliphatic carbocycles. The molecule has 38 heavy (non-hydrogen) atoms. The molecule has 2 saturated heterocycles. The summed E-state index contributed by atoms with van der Waals surface area (Å²) in [6.45, 7) is 0.165. The molecule has 2 amide bonds. The minimum absolute atomic E-state index is 0.0337. The van der Waals surface area contributed by atoms with Crippen molar-refractivity contribution in [3.8, 4) is 0 Å². The van der Waals surface area contributed by atoms with E-state index in [1.165, 1.54) is 17.2 Å². The second kappa shape index (κ2) is 9.34. The van der Waals surface area contributed by atoms with E-state index in [1.807, 2.05) is 30.5 Å². The van der Waals surface area contributed by atoms with Crippen LogP contribution in [0.5, 0.6) is 0 Å². The van der Waals surface area contributed by atoms with Crippen LogP contribution in [0.25, 0.3) is 10.9 Å². The quantitative estimate of drug-likeness (QED) is 0.436. The molecular weight excluding hydrogens is 498 g/mol. The van der Waals surface area contributed by atoms with Gasteiger partial charge in [0.2, 0.25) is 5.78 Å². The number of piperazine rings is 1. The number of H-pyrrole nitrogens is 1. The third kappa shape index (κ3) is 4.04. The minimum atomic E-state index is -1.76. The van der Waals surface area contributed by atoms with Crippen LogP contribution in [0.4, 0.5) is 8.78 Å². The maximum atomic E-state index is 13.9. The van der Waals surface area contributed by atoms with Crippen molar-refractivity contribution in [2.45, 2.75) is 37.4 Å². The van der Waals surface area contributed by atoms with Gasteiger partial charge in [-0.1, -0.05) is 24.3 Å². The molecular formula is C27H24F2N4O5. The minimum Gasteiger partial charge on any atom is -0.382 e. The lowest BCUT2D eigenvalue weighted by atomic mass is 9.91. The Balaban J connectivity index is 1.19. The Bertz CT molecular complexity index is 1490. The molecule has 11 heteroatoms. The van der Waals surface area contributed by atoms with E-state index in [-0.39, 0.29) is 30.3 Å². The number of hydrogen-bond donors (Lipinski definition) is 3. The summed E-state index contributed by atoms with van der Waals surface area (Å²) in [4.78, 5) is 45.5. The van der Waals surface area contributed by atoms with Gasteiger partial charge >= 0.3 is 0 Å². The Morgan fingerprint density at radius 1 is 1.16 bits per heavy atom. The zero-order valence-corrected chi connectivity index (χ0v) is 20.1. The Morgan fingerprint density at radius 2 is 1.97 bits per heavy atom. The van der Waals surface area contributed by atoms with Crippen LogP contribution in [0.3, 0.4) is 0 Å². The van der Waals surface area contributed by atoms with E-state index < -0.39 is 47.6 Å². The number of amides is 2. The van der Waals surface area contributed by atoms with Gasteiger partial charge in [-0.15, -0.1) is 0 Å². The molecule has 1 aromatic heterocycles. The lowest BCUT2D eigenvalue weighted by Crippen LogP contribution is -2.67. The first-order valence-corrected chi connectivity index (χ1v) is 12.2. The van der Waals surface area contributed by atoms with Crippen LogP contribution >= 0.6 is 0 Å². The van der Waals surface area contributed by atoms with E-state index in [4.69, 9.17) is 4.74 Å². The Hall–Kier alpha value is -4.09. The number of aromatic nitrogens is 1. The molecule has 4 heterocycles. The van der Waals surface area contributed by atoms with Gasteiger partial charge in [0.15, 0.2) is 0 Å². The van der Waals surface area contributed by atoms with Crippen molar-refractivity contribution in [2.75, 3.05) is 13.2 Å². The highest BCUT2D eigenvalue weighted by Crippen LogP contribution is 2.33. The zero-order valence-electron chi connectivity index (χ0n) is 20.1. The fourth-order valence-electron chi connectivity index (χ4n) is 5.47. The van der Waals surface area contributed by atoms with Gasteiger partial charge in [0, 0.05) is 41.5 Å². The summed E-state index contributed by atoms with van der Waals surface area (Å²) in [7, 11) is 0. The molecule has 3 aromatic rings. The highest BCUT2D eigenvalue weighted by atomic mass is 19.1. The smallest absolute Gasteiger partial charge is 0.256 e. The fraction of sp³-hybridized carbons (Fsp3) is 0.296. The summed E-state index contributed by atoms with van der Waals surface area (Å²) in [5.41, 5.74) is 1.69. The number of aliphatic hydroxyl groups excluding tert-OH is 1. The molecule has 0 bridgehead atoms. The summed E-state index contributed by atoms with van der Waals surface area (Å²) in [6.07, 6.45) is 1.33. The van der Waals surface area contributed by atoms with Crippen molar-refractivity contribution in [1.82, 2.24) is 20.1 Å². The predicted molar refractivity (Wildman–Crippen MR) is 130 cm³/mol. The van der Waals surface area contributed by atoms with Crippen LogP contribution in [0.2, 0.25) is 0 Å². The van der Waals surface area contributed by atoms with Crippen LogP contribution < -0.4 is 5.32 Å². The van der Waals surface area contributed by atoms with Crippen LogP contribution in [-0.2, 0) is 32.1 Å². The van der Waals surface area contributed by atoms with Gasteiger partial charge in [0.1, 0.15) is 35.6 Å². The number of carbonyl (C=O) groups excluding carboxylic acids is 3. The molecule has 196 valence electrons. The van der Waals surface area contributed by atoms with Crippen molar-refractivity contribution in [1.29, 1.82) is 0 Å². The zero-order chi connectivity index (χ0) is 26.6. The third-order valence-corrected chi connectivity index (χ3v) is 7.37. The van der Waals surface area contributed by atoms with Gasteiger partial charge in [-0.2, -0.15) is 0 Å². The first kappa shape index (κ1) is 24.3. The summed E-state index contributed by atoms with van der Waals surface area (Å²) < 4.78 is 33.0. The van der Waals surface area contributed by atoms with E-state index >= 15 is 0 Å². The van der Waals surface area contributed by atoms with Gasteiger partial charge in [-0.25, -0.2) is 8.78 Å². The third-order valence-electron chi connectivity index (χ3n) is 7.37. The molecule has 0 radical (unpaired) electrons. The van der Waals surface area contributed by atoms with E-state index in [1.54, 1.807) is 4.90 Å². The number of rotatable bonds is 5. The molecule has 3 aliphatic heterocycles. The molecule has 3 aliphatic rings. The Morgan fingerprint density at radius 3 is 2.79 bits per heavy atom. The number of aliphatic hydroxyl groups is 1. The lowest BCUT2D eigenvalue weighted by molar-refractivity contribution is -0.162. The standard InChI is InChI=1S/C27H24F2N4O5/c28-16-6-5-14(20(29)8-16)9-31-26(36)19-11-32-12-22-33(27(37)23(32)25(35)24(19)34)17(13-38-22)7-15-10-30-21-4-2-1-3-18(15)21/h1-6,8,10-11,17,22-23,25,30,35H,7,9,12-13H2,(H,31,36). The number of halogens is 2. The van der Waals surface area contributed by atoms with Crippen molar-refractivity contribution < 1.29 is 33.0 Å². The SMILES string of the molecule is O=C(NCc1ccc(F)cc1F)C1=CN2CC3OCC(Cc4c[nH]c5ccccc45)N3C(=O)C2C(O)C1=O. The number of fused-ring (bicyclic) bond motifs is 3. The van der Waals surface area contributed by atoms with Crippen LogP contribution in [-0.4, -0.2) is 75.1 Å². The van der Waals surface area contributed by atoms with Gasteiger partial charge in [0.05, 0.1) is 19.2 Å². The highest BCUT2D eigenvalue weighted by molar-refractivity contribution is 6.22. The van der Waals surface area contributed by atoms with Crippen molar-refractivity contribution >= 4 is 28.5 Å². The van der Waals surface area contributed by atoms with E-state index in [0.29, 0.717) is 19.1 Å². The lowest BCUT2D eigenvalue weighted by Gasteiger charge is -2.46. The van der Waals surface area contributed by atoms with E-state index in [9.17, 15) is 28.3 Å². The second-order valence-corrected chi connectivity index (χ2v) is 9.66. The number of nitrogens with one attached hydrogen (secondary N) is 2. The van der Waals surface area contributed by atoms with Gasteiger partial charge in [-0.3, -0.25) is 14.4 Å². The van der Waals surface area contributed by atoms with Crippen molar-refractivity contribution in [3.05, 3.63) is 83.2 Å². The van der Waals surface area contributed by atoms with Gasteiger partial charge < -0.3 is 29.9 Å². The Kier molecular flexibility index (Phi) is 5.96. The van der Waals surface area contributed by atoms with Crippen molar-refractivity contribution in [3.63, 3.8) is 0 Å². The average Bonchev–Trinajstić information content (AvgIpc) is 3.50. The largest absolute Gasteiger partial charge is 0.382 e. The number of hydrogen-bond acceptors (Lipinski definition) is 6. The second-order valence-electron chi connectivity index (χ2n) is 9.66. The maximum Gasteiger partial charge on any atom is 0.256 e. The monoisotopic (exact) mass is 522 g/mol. The molecule has 3 N–H and O–H groups in total. The normalized spacial score (nSPS) is 24.9. The molecule has 6 rings (SSSR count). The molecule has 4 unspecified atom stereocenters. The summed E-state index contributed by atoms with van der Waals surface area (Å²) >= 11 is 0. The number of ketones is 1. The summed E-state index contributed by atoms with van der Waals surface area (Å²) in [5.74, 6) is -3.78. The highest BCUT2D eigenvalue weighted by Gasteiger charge is 2.53. The predicted octanol–water partition coefficient (Wildman–Crippen LogP) is 1.37. The van der Waals surface area contributed by atoms with Crippen molar-refractivity contribution in [2.24, 2.45) is 0 Å². The van der Waals surface area contributed by atoms with E-state index in [2.05, 4.69) is 10.3 Å². The van der Waals surface area contributed by atoms with Gasteiger partial charge in [0.25, 0.3) is 11.8 Å². The van der Waals surface area contributed by atoms with Gasteiger partial charge in [-0.05, 0) is 24.1 Å². The fourth-order valence-corrected chi connectivity index (χ4v) is 5.47. The molecule has 2 aromatic carbocycles. The number of nitrogens with zero attached hydrogens (tertiary/aromatic N) is 2. The maximum absolute atomic E-state index is 13.9. The number of carbonyl (C=O) groups is 3. The number of Topliss-reactive ketones (excluding diaryl/α,β-unsaturated/α-hetero) is 1. The topological polar surface area (TPSA) is 115 Å². The Labute approximate surface area is 215 Å². The molecule has 4 atom stereocenters. The first-order chi connectivity index (χ1) is 18.3. The van der Waals surface area contributed by atoms with Crippen LogP contribution in [0, 0.1) is 11.6 Å². The van der Waals surface area contributed by atoms with E-state index in [0.717, 1.165) is 22.5 Å². The van der Waals surface area contributed by atoms with Crippen LogP contribution in [0.15, 0.2) is 60.4 Å². The summed E-state index contributed by atoms with van der Waals surface area (Å²) in [6, 6.07) is 9.32. The molecule has 0 spiro atoms. The molecule has 0 saturated carbocycles. The van der Waals surface area contributed by atoms with Crippen LogP contribution in [0.1, 0.15) is 11.1 Å². The number of benzene rings is 2. The first-order valence-electron chi connectivity index (χ1n) is 12.2.